The molecule has 14 heteroatoms. The lowest BCUT2D eigenvalue weighted by atomic mass is 10.1. The fraction of sp³-hybridized carbons (Fsp3) is 0. The zero-order valence-corrected chi connectivity index (χ0v) is 15.5. The van der Waals surface area contributed by atoms with Crippen LogP contribution in [0.3, 0.4) is 0 Å². The van der Waals surface area contributed by atoms with Crippen molar-refractivity contribution >= 4 is 23.6 Å². The molecule has 0 unspecified atom stereocenters. The highest BCUT2D eigenvalue weighted by Crippen LogP contribution is 2.28. The summed E-state index contributed by atoms with van der Waals surface area (Å²) in [5, 5.41) is 29.9. The predicted molar refractivity (Wildman–Crippen MR) is 105 cm³/mol. The van der Waals surface area contributed by atoms with Gasteiger partial charge in [-0.05, 0) is 16.4 Å². The van der Waals surface area contributed by atoms with E-state index in [-0.39, 0.29) is 34.3 Å². The second kappa shape index (κ2) is 8.16. The SMILES string of the molecule is Nc1nonc1-n1nnc(C(=O)N/N=C\c2cccnc2)c1-c1cccc([N+](=O)[O-])c1. The second-order valence-corrected chi connectivity index (χ2v) is 5.96. The molecule has 3 N–H and O–H groups in total. The lowest BCUT2D eigenvalue weighted by Gasteiger charge is -2.05. The van der Waals surface area contributed by atoms with Crippen LogP contribution in [0.1, 0.15) is 16.1 Å². The highest BCUT2D eigenvalue weighted by atomic mass is 16.6. The molecule has 1 aromatic carbocycles. The first kappa shape index (κ1) is 19.3. The molecule has 0 aliphatic carbocycles. The van der Waals surface area contributed by atoms with E-state index in [1.54, 1.807) is 30.6 Å². The molecule has 0 bridgehead atoms. The number of rotatable bonds is 6. The van der Waals surface area contributed by atoms with Crippen LogP contribution in [0.4, 0.5) is 11.5 Å². The average molecular weight is 420 g/mol. The number of nitro benzene ring substituents is 1. The van der Waals surface area contributed by atoms with Crippen molar-refractivity contribution in [2.24, 2.45) is 5.10 Å². The molecule has 0 fully saturated rings. The van der Waals surface area contributed by atoms with Crippen molar-refractivity contribution in [3.8, 4) is 17.1 Å². The van der Waals surface area contributed by atoms with E-state index in [0.717, 1.165) is 4.68 Å². The van der Waals surface area contributed by atoms with Gasteiger partial charge >= 0.3 is 0 Å². The molecule has 154 valence electrons. The number of anilines is 1. The van der Waals surface area contributed by atoms with E-state index in [1.807, 2.05) is 0 Å². The fourth-order valence-electron chi connectivity index (χ4n) is 2.62. The number of nitrogens with one attached hydrogen (secondary N) is 1. The molecule has 0 atom stereocenters. The third-order valence-corrected chi connectivity index (χ3v) is 3.98. The Morgan fingerprint density at radius 2 is 2.16 bits per heavy atom. The van der Waals surface area contributed by atoms with Gasteiger partial charge in [-0.3, -0.25) is 19.9 Å². The lowest BCUT2D eigenvalue weighted by molar-refractivity contribution is -0.384. The van der Waals surface area contributed by atoms with Crippen molar-refractivity contribution < 1.29 is 14.3 Å². The van der Waals surface area contributed by atoms with Crippen molar-refractivity contribution in [1.29, 1.82) is 0 Å². The van der Waals surface area contributed by atoms with Crippen LogP contribution in [0.25, 0.3) is 17.1 Å². The van der Waals surface area contributed by atoms with Crippen LogP contribution < -0.4 is 11.2 Å². The molecule has 4 aromatic rings. The van der Waals surface area contributed by atoms with Crippen LogP contribution in [0, 0.1) is 10.1 Å². The summed E-state index contributed by atoms with van der Waals surface area (Å²) >= 11 is 0. The number of nitro groups is 1. The third kappa shape index (κ3) is 3.93. The van der Waals surface area contributed by atoms with Crippen molar-refractivity contribution in [3.05, 3.63) is 70.2 Å². The molecule has 0 aliphatic rings. The summed E-state index contributed by atoms with van der Waals surface area (Å²) in [6.45, 7) is 0. The van der Waals surface area contributed by atoms with E-state index >= 15 is 0 Å². The van der Waals surface area contributed by atoms with Gasteiger partial charge in [0.05, 0.1) is 11.1 Å². The van der Waals surface area contributed by atoms with Crippen LogP contribution in [-0.4, -0.2) is 47.3 Å². The maximum absolute atomic E-state index is 12.7. The Labute approximate surface area is 172 Å². The standard InChI is InChI=1S/C17H12N10O4/c18-15-16(24-31-23-15)26-14(11-4-1-5-12(7-11)27(29)30)13(21-25-26)17(28)22-20-9-10-3-2-6-19-8-10/h1-9H,(H2,18,23)(H,22,28)/b20-9-. The first-order valence-corrected chi connectivity index (χ1v) is 8.57. The summed E-state index contributed by atoms with van der Waals surface area (Å²) in [5.41, 5.74) is 8.70. The zero-order valence-electron chi connectivity index (χ0n) is 15.5. The normalized spacial score (nSPS) is 11.0. The molecule has 0 spiro atoms. The molecule has 3 aromatic heterocycles. The maximum atomic E-state index is 12.7. The number of carbonyl (C=O) groups is 1. The summed E-state index contributed by atoms with van der Waals surface area (Å²) in [6.07, 6.45) is 4.55. The van der Waals surface area contributed by atoms with Gasteiger partial charge in [0.15, 0.2) is 5.69 Å². The van der Waals surface area contributed by atoms with Crippen LogP contribution in [0.5, 0.6) is 0 Å². The minimum absolute atomic E-state index is 0.0353. The number of benzene rings is 1. The Kier molecular flexibility index (Phi) is 5.08. The third-order valence-electron chi connectivity index (χ3n) is 3.98. The van der Waals surface area contributed by atoms with E-state index in [9.17, 15) is 14.9 Å². The molecule has 4 rings (SSSR count). The Morgan fingerprint density at radius 3 is 2.87 bits per heavy atom. The van der Waals surface area contributed by atoms with Crippen LogP contribution >= 0.6 is 0 Å². The number of nitrogens with zero attached hydrogens (tertiary/aromatic N) is 8. The van der Waals surface area contributed by atoms with Crippen LogP contribution in [0.2, 0.25) is 0 Å². The fourth-order valence-corrected chi connectivity index (χ4v) is 2.62. The number of carbonyl (C=O) groups excluding carboxylic acids is 1. The van der Waals surface area contributed by atoms with Gasteiger partial charge in [0.2, 0.25) is 11.6 Å². The van der Waals surface area contributed by atoms with E-state index in [2.05, 4.69) is 40.8 Å². The number of nitrogen functional groups attached to an aromatic ring is 1. The second-order valence-electron chi connectivity index (χ2n) is 5.96. The number of non-ortho nitro benzene ring substituents is 1. The summed E-state index contributed by atoms with van der Waals surface area (Å²) in [4.78, 5) is 27.3. The number of amides is 1. The summed E-state index contributed by atoms with van der Waals surface area (Å²) in [7, 11) is 0. The summed E-state index contributed by atoms with van der Waals surface area (Å²) < 4.78 is 5.69. The number of hydrogen-bond donors (Lipinski definition) is 2. The zero-order chi connectivity index (χ0) is 21.8. The van der Waals surface area contributed by atoms with Crippen molar-refractivity contribution in [3.63, 3.8) is 0 Å². The molecule has 0 radical (unpaired) electrons. The molecule has 3 heterocycles. The van der Waals surface area contributed by atoms with E-state index in [0.29, 0.717) is 5.56 Å². The Balaban J connectivity index is 1.74. The number of pyridine rings is 1. The smallest absolute Gasteiger partial charge is 0.294 e. The molecule has 0 saturated heterocycles. The minimum atomic E-state index is -0.720. The average Bonchev–Trinajstić information content (AvgIpc) is 3.40. The Bertz CT molecular complexity index is 1280. The first-order chi connectivity index (χ1) is 15.0. The van der Waals surface area contributed by atoms with Crippen molar-refractivity contribution in [2.45, 2.75) is 0 Å². The molecule has 14 nitrogen and oxygen atoms in total. The number of hydrogen-bond acceptors (Lipinski definition) is 11. The summed E-state index contributed by atoms with van der Waals surface area (Å²) in [5.74, 6) is -0.868. The van der Waals surface area contributed by atoms with Gasteiger partial charge in [-0.25, -0.2) is 10.1 Å². The van der Waals surface area contributed by atoms with Crippen LogP contribution in [0.15, 0.2) is 58.5 Å². The minimum Gasteiger partial charge on any atom is -0.378 e. The Hall–Kier alpha value is -5.01. The molecular weight excluding hydrogens is 408 g/mol. The lowest BCUT2D eigenvalue weighted by Crippen LogP contribution is -2.19. The largest absolute Gasteiger partial charge is 0.378 e. The van der Waals surface area contributed by atoms with Crippen molar-refractivity contribution in [2.75, 3.05) is 5.73 Å². The molecule has 1 amide bonds. The summed E-state index contributed by atoms with van der Waals surface area (Å²) in [6, 6.07) is 9.02. The van der Waals surface area contributed by atoms with Crippen LogP contribution in [-0.2, 0) is 0 Å². The maximum Gasteiger partial charge on any atom is 0.294 e. The predicted octanol–water partition coefficient (Wildman–Crippen LogP) is 0.967. The van der Waals surface area contributed by atoms with Gasteiger partial charge in [-0.15, -0.1) is 5.10 Å². The molecule has 0 aliphatic heterocycles. The molecular formula is C17H12N10O4. The highest BCUT2D eigenvalue weighted by Gasteiger charge is 2.26. The topological polar surface area (TPSA) is 193 Å². The monoisotopic (exact) mass is 420 g/mol. The molecule has 0 saturated carbocycles. The molecule has 31 heavy (non-hydrogen) atoms. The van der Waals surface area contributed by atoms with Crippen molar-refractivity contribution in [1.82, 2.24) is 35.7 Å². The van der Waals surface area contributed by atoms with Gasteiger partial charge in [0, 0.05) is 35.7 Å². The number of hydrazone groups is 1. The van der Waals surface area contributed by atoms with Gasteiger partial charge in [-0.1, -0.05) is 23.4 Å². The quantitative estimate of drug-likeness (QED) is 0.258. The van der Waals surface area contributed by atoms with E-state index in [4.69, 9.17) is 5.73 Å². The van der Waals surface area contributed by atoms with E-state index < -0.39 is 10.8 Å². The first-order valence-electron chi connectivity index (χ1n) is 8.57. The van der Waals surface area contributed by atoms with E-state index in [1.165, 1.54) is 24.4 Å². The van der Waals surface area contributed by atoms with Gasteiger partial charge in [0.25, 0.3) is 11.6 Å². The van der Waals surface area contributed by atoms with Gasteiger partial charge in [0.1, 0.15) is 5.69 Å². The van der Waals surface area contributed by atoms with Gasteiger partial charge in [-0.2, -0.15) is 9.78 Å². The van der Waals surface area contributed by atoms with Gasteiger partial charge < -0.3 is 5.73 Å². The number of nitrogens with two attached hydrogens (primary N) is 1. The number of aromatic nitrogens is 6. The highest BCUT2D eigenvalue weighted by molar-refractivity contribution is 5.99. The Morgan fingerprint density at radius 1 is 1.29 bits per heavy atom.